The van der Waals surface area contributed by atoms with Crippen molar-refractivity contribution in [3.63, 3.8) is 0 Å². The molecule has 4 saturated heterocycles. The maximum absolute atomic E-state index is 15.5. The monoisotopic (exact) mass is 1360 g/mol. The van der Waals surface area contributed by atoms with E-state index in [2.05, 4.69) is 47.9 Å². The molecule has 5 heterocycles. The van der Waals surface area contributed by atoms with Crippen molar-refractivity contribution in [3.8, 4) is 0 Å². The zero-order valence-corrected chi connectivity index (χ0v) is 58.7. The fraction of sp³-hybridized carbons (Fsp3) is 0.696. The van der Waals surface area contributed by atoms with Crippen LogP contribution < -0.4 is 53.6 Å². The molecule has 97 heavy (non-hydrogen) atoms. The van der Waals surface area contributed by atoms with Crippen molar-refractivity contribution in [1.29, 1.82) is 0 Å². The summed E-state index contributed by atoms with van der Waals surface area (Å²) in [5.74, 6) is -11.8. The number of aliphatic hydroxyl groups is 1. The van der Waals surface area contributed by atoms with Crippen LogP contribution in [0.5, 0.6) is 0 Å². The average molecular weight is 1360 g/mol. The summed E-state index contributed by atoms with van der Waals surface area (Å²) >= 11 is 0. The average Bonchev–Trinajstić information content (AvgIpc) is 1.70. The van der Waals surface area contributed by atoms with E-state index < -0.39 is 185 Å². The summed E-state index contributed by atoms with van der Waals surface area (Å²) in [6, 6.07) is -4.52. The van der Waals surface area contributed by atoms with Crippen molar-refractivity contribution in [2.45, 2.75) is 239 Å². The van der Waals surface area contributed by atoms with E-state index in [1.807, 2.05) is 41.5 Å². The van der Waals surface area contributed by atoms with Gasteiger partial charge in [-0.1, -0.05) is 133 Å². The van der Waals surface area contributed by atoms with E-state index in [0.717, 1.165) is 6.20 Å². The summed E-state index contributed by atoms with van der Waals surface area (Å²) < 4.78 is 0. The molecule has 0 aromatic heterocycles. The molecule has 538 valence electrons. The summed E-state index contributed by atoms with van der Waals surface area (Å²) in [5.41, 5.74) is 5.55. The van der Waals surface area contributed by atoms with Crippen LogP contribution in [0.2, 0.25) is 0 Å². The van der Waals surface area contributed by atoms with Crippen molar-refractivity contribution < 1.29 is 67.4 Å². The second kappa shape index (κ2) is 35.9. The largest absolute Gasteiger partial charge is 0.391 e. The molecule has 1 aromatic carbocycles. The molecular formula is C69H108N14O14. The molecule has 1 aromatic rings. The molecule has 0 bridgehead atoms. The number of primary amides is 1. The van der Waals surface area contributed by atoms with Crippen LogP contribution in [0.15, 0.2) is 42.2 Å². The van der Waals surface area contributed by atoms with Gasteiger partial charge < -0.3 is 78.3 Å². The highest BCUT2D eigenvalue weighted by molar-refractivity contribution is 6.03. The molecule has 12 N–H and O–H groups in total. The van der Waals surface area contributed by atoms with E-state index in [1.54, 1.807) is 71.9 Å². The van der Waals surface area contributed by atoms with Crippen LogP contribution in [0, 0.1) is 35.5 Å². The Morgan fingerprint density at radius 2 is 1.16 bits per heavy atom. The molecule has 5 aliphatic rings. The quantitative estimate of drug-likeness (QED) is 0.0798. The van der Waals surface area contributed by atoms with Gasteiger partial charge in [0.2, 0.25) is 70.9 Å². The van der Waals surface area contributed by atoms with Crippen LogP contribution in [0.4, 0.5) is 0 Å². The number of carbonyl (C=O) groups excluding carboxylic acids is 13. The van der Waals surface area contributed by atoms with Crippen LogP contribution in [-0.4, -0.2) is 207 Å². The minimum absolute atomic E-state index is 0.0143. The maximum Gasteiger partial charge on any atom is 0.272 e. The smallest absolute Gasteiger partial charge is 0.272 e. The number of nitrogens with one attached hydrogen (secondary N) is 9. The first kappa shape index (κ1) is 77.8. The molecule has 0 aliphatic carbocycles. The number of nitrogens with zero attached hydrogens (tertiary/aromatic N) is 4. The van der Waals surface area contributed by atoms with E-state index in [-0.39, 0.29) is 89.4 Å². The number of likely N-dealkylation sites (tertiary alicyclic amines) is 1. The molecule has 28 heteroatoms. The number of aliphatic hydroxyl groups excluding tert-OH is 1. The van der Waals surface area contributed by atoms with Crippen LogP contribution in [0.3, 0.4) is 0 Å². The molecule has 0 radical (unpaired) electrons. The Bertz CT molecular complexity index is 3040. The van der Waals surface area contributed by atoms with E-state index in [4.69, 9.17) is 5.73 Å². The number of fused-ring (bicyclic) bond motifs is 3. The third-order valence-electron chi connectivity index (χ3n) is 19.6. The van der Waals surface area contributed by atoms with E-state index in [1.165, 1.54) is 19.6 Å². The molecule has 13 amide bonds. The zero-order chi connectivity index (χ0) is 71.7. The Balaban J connectivity index is 1.41. The van der Waals surface area contributed by atoms with Gasteiger partial charge in [0, 0.05) is 45.2 Å². The molecular weight excluding hydrogens is 1250 g/mol. The van der Waals surface area contributed by atoms with Gasteiger partial charge in [0.05, 0.1) is 12.6 Å². The van der Waals surface area contributed by atoms with Gasteiger partial charge in [-0.05, 0) is 92.4 Å². The SMILES string of the molecule is CC[C@H](C)[C@@H]1NC(=O)[C@H](C(C)C)NC(=O)[C@@H]2C[C@@H](O)CN2C(=O)[C@H]([C@@H](C)CC)N/C=C(/C(=O)N2CCC[C@H]2C(=O)N[C@H](C(=O)N[C@@H](Cc2ccccc2)C(=O)NCC(N)=O)[C@@H](C)CC)NC(=O)[C@H](CC(C)C)NC(=O)[C@@H]2CCCN2C(=O)[C@@H]2CCCN2C(=O)[C@H](CC(C)C)NC1=O. The predicted octanol–water partition coefficient (Wildman–Crippen LogP) is 0.490. The highest BCUT2D eigenvalue weighted by atomic mass is 16.3. The Kier molecular flexibility index (Phi) is 28.8. The second-order valence-corrected chi connectivity index (χ2v) is 28.3. The summed E-state index contributed by atoms with van der Waals surface area (Å²) in [5, 5.41) is 36.5. The number of rotatable bonds is 21. The number of nitrogens with two attached hydrogens (primary N) is 1. The summed E-state index contributed by atoms with van der Waals surface area (Å²) in [6.07, 6.45) is 2.82. The molecule has 0 unspecified atom stereocenters. The summed E-state index contributed by atoms with van der Waals surface area (Å²) in [6.45, 7) is 21.0. The number of hydrogen-bond donors (Lipinski definition) is 11. The number of amides is 13. The number of benzene rings is 1. The van der Waals surface area contributed by atoms with Crippen LogP contribution in [-0.2, 0) is 68.7 Å². The van der Waals surface area contributed by atoms with Gasteiger partial charge in [0.1, 0.15) is 72.2 Å². The molecule has 15 atom stereocenters. The lowest BCUT2D eigenvalue weighted by Gasteiger charge is -2.34. The minimum atomic E-state index is -1.35. The van der Waals surface area contributed by atoms with Gasteiger partial charge in [-0.25, -0.2) is 0 Å². The van der Waals surface area contributed by atoms with Gasteiger partial charge in [-0.3, -0.25) is 62.3 Å². The lowest BCUT2D eigenvalue weighted by atomic mass is 9.95. The fourth-order valence-corrected chi connectivity index (χ4v) is 13.4. The summed E-state index contributed by atoms with van der Waals surface area (Å²) in [4.78, 5) is 194. The lowest BCUT2D eigenvalue weighted by Crippen LogP contribution is -2.61. The Morgan fingerprint density at radius 1 is 0.598 bits per heavy atom. The molecule has 0 saturated carbocycles. The first-order valence-corrected chi connectivity index (χ1v) is 35.0. The first-order chi connectivity index (χ1) is 45.9. The normalized spacial score (nSPS) is 27.3. The summed E-state index contributed by atoms with van der Waals surface area (Å²) in [7, 11) is 0. The van der Waals surface area contributed by atoms with Crippen molar-refractivity contribution in [2.24, 2.45) is 41.2 Å². The van der Waals surface area contributed by atoms with Gasteiger partial charge in [-0.15, -0.1) is 0 Å². The lowest BCUT2D eigenvalue weighted by molar-refractivity contribution is -0.148. The fourth-order valence-electron chi connectivity index (χ4n) is 13.4. The van der Waals surface area contributed by atoms with Crippen LogP contribution in [0.25, 0.3) is 0 Å². The second-order valence-electron chi connectivity index (χ2n) is 28.3. The van der Waals surface area contributed by atoms with Crippen LogP contribution in [0.1, 0.15) is 166 Å². The van der Waals surface area contributed by atoms with Crippen molar-refractivity contribution in [1.82, 2.24) is 67.5 Å². The minimum Gasteiger partial charge on any atom is -0.391 e. The standard InChI is InChI=1S/C69H108N14O14/c1-13-40(10)55(64(92)74-46(58(86)72-35-53(70)85)32-43-22-17-16-18-23-43)78-61(89)50-25-19-27-80(50)67(95)48-34-71-57(42(12)15-3)69(97)83-36-44(84)33-52(83)62(90)77-54(39(8)9)63(91)79-56(41(11)14-2)65(93)75-47(31-38(6)7)66(94)82-29-21-26-51(82)68(96)81-28-20-24-49(81)60(88)73-45(30-37(4)5)59(87)76-48/h16-18,22-23,34,37-42,44-47,49-52,54-57,71,84H,13-15,19-21,24-33,35-36H2,1-12H3,(H2,70,85)(H,72,86)(H,73,88)(H,74,92)(H,75,93)(H,76,87)(H,77,90)(H,78,89)(H,79,91)/b48-34-/t40-,41-,42-,44+,45-,46-,47-,49-,50-,51-,52-,54-,55-,56-,57-/m0/s1. The third-order valence-corrected chi connectivity index (χ3v) is 19.6. The van der Waals surface area contributed by atoms with Gasteiger partial charge in [0.25, 0.3) is 5.91 Å². The first-order valence-electron chi connectivity index (χ1n) is 35.0. The zero-order valence-electron chi connectivity index (χ0n) is 58.7. The molecule has 5 aliphatic heterocycles. The molecule has 6 rings (SSSR count). The van der Waals surface area contributed by atoms with Crippen molar-refractivity contribution in [3.05, 3.63) is 47.8 Å². The van der Waals surface area contributed by atoms with Gasteiger partial charge in [0.15, 0.2) is 0 Å². The van der Waals surface area contributed by atoms with Crippen molar-refractivity contribution >= 4 is 76.8 Å². The number of carbonyl (C=O) groups is 13. The number of hydrogen-bond acceptors (Lipinski definition) is 15. The molecule has 0 spiro atoms. The van der Waals surface area contributed by atoms with E-state index >= 15 is 14.4 Å². The molecule has 4 fully saturated rings. The van der Waals surface area contributed by atoms with Crippen LogP contribution >= 0.6 is 0 Å². The topological polar surface area (TPSA) is 389 Å². The van der Waals surface area contributed by atoms with E-state index in [9.17, 15) is 53.1 Å². The van der Waals surface area contributed by atoms with Gasteiger partial charge >= 0.3 is 0 Å². The molecule has 28 nitrogen and oxygen atoms in total. The van der Waals surface area contributed by atoms with Crippen molar-refractivity contribution in [2.75, 3.05) is 32.7 Å². The Labute approximate surface area is 570 Å². The highest BCUT2D eigenvalue weighted by Gasteiger charge is 2.48. The maximum atomic E-state index is 15.5. The third kappa shape index (κ3) is 20.5. The van der Waals surface area contributed by atoms with Gasteiger partial charge in [-0.2, -0.15) is 0 Å². The Morgan fingerprint density at radius 3 is 1.77 bits per heavy atom. The predicted molar refractivity (Wildman–Crippen MR) is 360 cm³/mol. The highest BCUT2D eigenvalue weighted by Crippen LogP contribution is 2.29. The Hall–Kier alpha value is -8.17. The van der Waals surface area contributed by atoms with E-state index in [0.29, 0.717) is 37.7 Å².